The first kappa shape index (κ1) is 22.2. The first-order valence-electron chi connectivity index (χ1n) is 11.6. The molecule has 2 N–H and O–H groups in total. The standard InChI is InChI=1S/C29H29NO4/c1-28(2,3)23-10-4-18(14-22(23)19-5-7-20(8-6-19)27(30)32)15-26(31)29(12-13-29)21-9-11-24-25(16-21)34-17-33-24/h4-11,14,16H,12-13,15,17H2,1-3H3,(H2,30,32). The molecule has 1 amide bonds. The minimum atomic E-state index is -0.444. The Hall–Kier alpha value is -3.60. The van der Waals surface area contributed by atoms with Gasteiger partial charge in [0, 0.05) is 12.0 Å². The number of carbonyl (C=O) groups excluding carboxylic acids is 2. The summed E-state index contributed by atoms with van der Waals surface area (Å²) in [6.07, 6.45) is 2.07. The molecule has 0 aromatic heterocycles. The maximum atomic E-state index is 13.5. The van der Waals surface area contributed by atoms with Crippen LogP contribution in [0, 0.1) is 0 Å². The molecule has 0 radical (unpaired) electrons. The highest BCUT2D eigenvalue weighted by Gasteiger charge is 2.50. The van der Waals surface area contributed by atoms with Crippen LogP contribution in [0.2, 0.25) is 0 Å². The average Bonchev–Trinajstić information content (AvgIpc) is 3.49. The third kappa shape index (κ3) is 3.96. The van der Waals surface area contributed by atoms with Gasteiger partial charge in [-0.1, -0.05) is 57.2 Å². The van der Waals surface area contributed by atoms with Crippen molar-refractivity contribution in [3.05, 3.63) is 82.9 Å². The van der Waals surface area contributed by atoms with Gasteiger partial charge < -0.3 is 15.2 Å². The molecule has 34 heavy (non-hydrogen) atoms. The summed E-state index contributed by atoms with van der Waals surface area (Å²) < 4.78 is 11.0. The Bertz CT molecular complexity index is 1280. The van der Waals surface area contributed by atoms with Crippen LogP contribution in [0.3, 0.4) is 0 Å². The predicted octanol–water partition coefficient (Wildman–Crippen LogP) is 5.32. The summed E-state index contributed by atoms with van der Waals surface area (Å²) in [5, 5.41) is 0. The van der Waals surface area contributed by atoms with E-state index in [0.717, 1.165) is 40.8 Å². The van der Waals surface area contributed by atoms with E-state index in [1.54, 1.807) is 12.1 Å². The van der Waals surface area contributed by atoms with Crippen molar-refractivity contribution >= 4 is 11.7 Å². The van der Waals surface area contributed by atoms with Gasteiger partial charge in [-0.2, -0.15) is 0 Å². The van der Waals surface area contributed by atoms with Crippen molar-refractivity contribution < 1.29 is 19.1 Å². The van der Waals surface area contributed by atoms with Crippen LogP contribution in [0.15, 0.2) is 60.7 Å². The predicted molar refractivity (Wildman–Crippen MR) is 131 cm³/mol. The lowest BCUT2D eigenvalue weighted by Gasteiger charge is -2.24. The van der Waals surface area contributed by atoms with E-state index >= 15 is 0 Å². The molecule has 174 valence electrons. The largest absolute Gasteiger partial charge is 0.454 e. The summed E-state index contributed by atoms with van der Waals surface area (Å²) in [5.41, 5.74) is 10.6. The molecule has 0 bridgehead atoms. The van der Waals surface area contributed by atoms with Gasteiger partial charge in [0.25, 0.3) is 0 Å². The van der Waals surface area contributed by atoms with Crippen LogP contribution in [0.4, 0.5) is 0 Å². The molecular weight excluding hydrogens is 426 g/mol. The van der Waals surface area contributed by atoms with E-state index in [4.69, 9.17) is 15.2 Å². The number of carbonyl (C=O) groups is 2. The molecule has 3 aromatic carbocycles. The number of ketones is 1. The Morgan fingerprint density at radius 3 is 2.26 bits per heavy atom. The zero-order valence-electron chi connectivity index (χ0n) is 19.8. The number of rotatable bonds is 6. The molecule has 5 heteroatoms. The van der Waals surface area contributed by atoms with Crippen LogP contribution in [-0.2, 0) is 22.0 Å². The molecule has 5 nitrogen and oxygen atoms in total. The van der Waals surface area contributed by atoms with E-state index in [9.17, 15) is 9.59 Å². The topological polar surface area (TPSA) is 78.6 Å². The molecule has 0 atom stereocenters. The summed E-state index contributed by atoms with van der Waals surface area (Å²) in [6, 6.07) is 19.5. The van der Waals surface area contributed by atoms with Crippen molar-refractivity contribution in [3.63, 3.8) is 0 Å². The second kappa shape index (κ2) is 8.01. The lowest BCUT2D eigenvalue weighted by molar-refractivity contribution is -0.120. The van der Waals surface area contributed by atoms with E-state index in [0.29, 0.717) is 17.7 Å². The Morgan fingerprint density at radius 1 is 0.912 bits per heavy atom. The molecule has 0 spiro atoms. The number of ether oxygens (including phenoxy) is 2. The molecule has 3 aromatic rings. The highest BCUT2D eigenvalue weighted by Crippen LogP contribution is 2.51. The summed E-state index contributed by atoms with van der Waals surface area (Å²) in [5.74, 6) is 1.23. The first-order chi connectivity index (χ1) is 16.2. The maximum absolute atomic E-state index is 13.5. The molecule has 0 unspecified atom stereocenters. The van der Waals surface area contributed by atoms with Gasteiger partial charge in [-0.05, 0) is 70.3 Å². The highest BCUT2D eigenvalue weighted by molar-refractivity contribution is 5.95. The number of Topliss-reactive ketones (excluding diaryl/α,β-unsaturated/α-hetero) is 1. The number of hydrogen-bond donors (Lipinski definition) is 1. The van der Waals surface area contributed by atoms with Crippen LogP contribution >= 0.6 is 0 Å². The van der Waals surface area contributed by atoms with E-state index in [2.05, 4.69) is 39.0 Å². The summed E-state index contributed by atoms with van der Waals surface area (Å²) in [6.45, 7) is 6.75. The minimum Gasteiger partial charge on any atom is -0.454 e. The smallest absolute Gasteiger partial charge is 0.248 e. The fourth-order valence-corrected chi connectivity index (χ4v) is 4.81. The Morgan fingerprint density at radius 2 is 1.62 bits per heavy atom. The van der Waals surface area contributed by atoms with E-state index in [-0.39, 0.29) is 18.0 Å². The zero-order chi connectivity index (χ0) is 24.1. The van der Waals surface area contributed by atoms with Gasteiger partial charge in [0.15, 0.2) is 11.5 Å². The van der Waals surface area contributed by atoms with Crippen molar-refractivity contribution in [1.29, 1.82) is 0 Å². The third-order valence-electron chi connectivity index (χ3n) is 6.95. The summed E-state index contributed by atoms with van der Waals surface area (Å²) >= 11 is 0. The van der Waals surface area contributed by atoms with Crippen LogP contribution in [0.5, 0.6) is 11.5 Å². The van der Waals surface area contributed by atoms with E-state index in [1.807, 2.05) is 30.3 Å². The van der Waals surface area contributed by atoms with E-state index in [1.165, 1.54) is 5.56 Å². The molecule has 1 saturated carbocycles. The monoisotopic (exact) mass is 455 g/mol. The van der Waals surface area contributed by atoms with Crippen LogP contribution in [-0.4, -0.2) is 18.5 Å². The highest BCUT2D eigenvalue weighted by atomic mass is 16.7. The van der Waals surface area contributed by atoms with Gasteiger partial charge in [0.05, 0.1) is 5.41 Å². The van der Waals surface area contributed by atoms with Crippen molar-refractivity contribution in [3.8, 4) is 22.6 Å². The van der Waals surface area contributed by atoms with Gasteiger partial charge in [0.1, 0.15) is 5.78 Å². The first-order valence-corrected chi connectivity index (χ1v) is 11.6. The lowest BCUT2D eigenvalue weighted by Crippen LogP contribution is -2.22. The second-order valence-electron chi connectivity index (χ2n) is 10.3. The third-order valence-corrected chi connectivity index (χ3v) is 6.95. The van der Waals surface area contributed by atoms with Crippen LogP contribution < -0.4 is 15.2 Å². The number of amides is 1. The fraction of sp³-hybridized carbons (Fsp3) is 0.310. The minimum absolute atomic E-state index is 0.0789. The summed E-state index contributed by atoms with van der Waals surface area (Å²) in [4.78, 5) is 25.0. The molecule has 1 aliphatic heterocycles. The average molecular weight is 456 g/mol. The van der Waals surface area contributed by atoms with Gasteiger partial charge in [-0.25, -0.2) is 0 Å². The van der Waals surface area contributed by atoms with Crippen molar-refractivity contribution in [2.75, 3.05) is 6.79 Å². The summed E-state index contributed by atoms with van der Waals surface area (Å²) in [7, 11) is 0. The number of nitrogens with two attached hydrogens (primary N) is 1. The molecule has 1 fully saturated rings. The Labute approximate surface area is 199 Å². The van der Waals surface area contributed by atoms with Gasteiger partial charge in [-0.3, -0.25) is 9.59 Å². The molecule has 0 saturated heterocycles. The molecule has 1 aliphatic carbocycles. The van der Waals surface area contributed by atoms with E-state index < -0.39 is 11.3 Å². The number of hydrogen-bond acceptors (Lipinski definition) is 4. The van der Waals surface area contributed by atoms with Crippen LogP contribution in [0.25, 0.3) is 11.1 Å². The normalized spacial score (nSPS) is 15.7. The Kier molecular flexibility index (Phi) is 5.23. The zero-order valence-corrected chi connectivity index (χ0v) is 19.8. The lowest BCUT2D eigenvalue weighted by atomic mass is 9.80. The second-order valence-corrected chi connectivity index (χ2v) is 10.3. The Balaban J connectivity index is 1.46. The number of primary amides is 1. The van der Waals surface area contributed by atoms with Gasteiger partial charge in [0.2, 0.25) is 12.7 Å². The van der Waals surface area contributed by atoms with Crippen molar-refractivity contribution in [2.45, 2.75) is 50.9 Å². The molecule has 2 aliphatic rings. The molecular formula is C29H29NO4. The number of fused-ring (bicyclic) bond motifs is 1. The quantitative estimate of drug-likeness (QED) is 0.545. The van der Waals surface area contributed by atoms with Crippen LogP contribution in [0.1, 0.15) is 60.7 Å². The SMILES string of the molecule is CC(C)(C)c1ccc(CC(=O)C2(c3ccc4c(c3)OCO4)CC2)cc1-c1ccc(C(N)=O)cc1. The van der Waals surface area contributed by atoms with Gasteiger partial charge >= 0.3 is 0 Å². The molecule has 1 heterocycles. The maximum Gasteiger partial charge on any atom is 0.248 e. The van der Waals surface area contributed by atoms with Crippen molar-refractivity contribution in [2.24, 2.45) is 5.73 Å². The van der Waals surface area contributed by atoms with Gasteiger partial charge in [-0.15, -0.1) is 0 Å². The number of benzene rings is 3. The molecule has 5 rings (SSSR count). The van der Waals surface area contributed by atoms with Crippen molar-refractivity contribution in [1.82, 2.24) is 0 Å². The fourth-order valence-electron chi connectivity index (χ4n) is 4.81.